The third kappa shape index (κ3) is 2.75. The van der Waals surface area contributed by atoms with Crippen LogP contribution in [-0.4, -0.2) is 44.5 Å². The Morgan fingerprint density at radius 2 is 2.00 bits per heavy atom. The molecule has 0 unspecified atom stereocenters. The molecule has 1 heterocycles. The lowest BCUT2D eigenvalue weighted by Gasteiger charge is -2.36. The van der Waals surface area contributed by atoms with Gasteiger partial charge >= 0.3 is 0 Å². The van der Waals surface area contributed by atoms with Crippen molar-refractivity contribution >= 4 is 17.8 Å². The number of hydrogen-bond donors (Lipinski definition) is 1. The van der Waals surface area contributed by atoms with E-state index in [1.165, 1.54) is 11.0 Å². The van der Waals surface area contributed by atoms with E-state index in [0.29, 0.717) is 12.1 Å². The molecule has 1 fully saturated rings. The van der Waals surface area contributed by atoms with Gasteiger partial charge in [0.15, 0.2) is 11.6 Å². The molecular weight excluding hydrogens is 264 g/mol. The highest BCUT2D eigenvalue weighted by Gasteiger charge is 2.28. The summed E-state index contributed by atoms with van der Waals surface area (Å²) in [7, 11) is 3.62. The molecule has 6 heteroatoms. The van der Waals surface area contributed by atoms with Crippen LogP contribution in [-0.2, 0) is 4.79 Å². The van der Waals surface area contributed by atoms with Crippen molar-refractivity contribution in [2.24, 2.45) is 0 Å². The van der Waals surface area contributed by atoms with Crippen LogP contribution in [0.4, 0.5) is 20.2 Å². The fraction of sp³-hybridized carbons (Fsp3) is 0.500. The van der Waals surface area contributed by atoms with Crippen LogP contribution in [0.3, 0.4) is 0 Å². The highest BCUT2D eigenvalue weighted by atomic mass is 19.2. The van der Waals surface area contributed by atoms with E-state index < -0.39 is 11.6 Å². The van der Waals surface area contributed by atoms with Gasteiger partial charge in [-0.25, -0.2) is 8.78 Å². The number of benzene rings is 1. The first-order valence-electron chi connectivity index (χ1n) is 6.66. The molecule has 0 radical (unpaired) electrons. The zero-order chi connectivity index (χ0) is 14.7. The molecule has 110 valence electrons. The maximum atomic E-state index is 14.1. The fourth-order valence-corrected chi connectivity index (χ4v) is 2.59. The molecule has 0 spiro atoms. The van der Waals surface area contributed by atoms with Gasteiger partial charge in [0.25, 0.3) is 0 Å². The van der Waals surface area contributed by atoms with Crippen LogP contribution in [0.1, 0.15) is 12.8 Å². The largest absolute Gasteiger partial charge is 0.386 e. The topological polar surface area (TPSA) is 35.6 Å². The predicted octanol–water partition coefficient (Wildman–Crippen LogP) is 2.06. The summed E-state index contributed by atoms with van der Waals surface area (Å²) in [6.45, 7) is 1.67. The molecular formula is C14H19F2N3O. The second-order valence-electron chi connectivity index (χ2n) is 5.05. The van der Waals surface area contributed by atoms with Crippen molar-refractivity contribution in [3.63, 3.8) is 0 Å². The van der Waals surface area contributed by atoms with Crippen molar-refractivity contribution in [3.05, 3.63) is 23.8 Å². The number of likely N-dealkylation sites (tertiary alicyclic amines) is 1. The summed E-state index contributed by atoms with van der Waals surface area (Å²) in [6, 6.07) is 2.40. The molecule has 0 atom stereocenters. The van der Waals surface area contributed by atoms with E-state index in [2.05, 4.69) is 10.2 Å². The minimum atomic E-state index is -0.983. The number of halogens is 2. The van der Waals surface area contributed by atoms with E-state index >= 15 is 0 Å². The van der Waals surface area contributed by atoms with Gasteiger partial charge in [0, 0.05) is 13.1 Å². The van der Waals surface area contributed by atoms with Crippen LogP contribution in [0.2, 0.25) is 0 Å². The van der Waals surface area contributed by atoms with Gasteiger partial charge in [-0.2, -0.15) is 0 Å². The number of rotatable bonds is 4. The zero-order valence-corrected chi connectivity index (χ0v) is 11.7. The number of nitrogens with zero attached hydrogens (tertiary/aromatic N) is 2. The first-order valence-corrected chi connectivity index (χ1v) is 6.66. The van der Waals surface area contributed by atoms with Gasteiger partial charge < -0.3 is 15.1 Å². The van der Waals surface area contributed by atoms with Crippen LogP contribution in [0.25, 0.3) is 0 Å². The molecule has 1 aliphatic rings. The summed E-state index contributed by atoms with van der Waals surface area (Å²) in [5.74, 6) is -1.93. The minimum Gasteiger partial charge on any atom is -0.386 e. The fourth-order valence-electron chi connectivity index (χ4n) is 2.59. The third-order valence-electron chi connectivity index (χ3n) is 3.79. The van der Waals surface area contributed by atoms with Crippen molar-refractivity contribution in [1.29, 1.82) is 0 Å². The maximum absolute atomic E-state index is 14.1. The lowest BCUT2D eigenvalue weighted by Crippen LogP contribution is -2.43. The number of nitrogens with one attached hydrogen (secondary N) is 1. The molecule has 4 nitrogen and oxygen atoms in total. The first kappa shape index (κ1) is 14.7. The highest BCUT2D eigenvalue weighted by Crippen LogP contribution is 2.33. The Morgan fingerprint density at radius 3 is 2.55 bits per heavy atom. The van der Waals surface area contributed by atoms with E-state index in [-0.39, 0.29) is 11.7 Å². The summed E-state index contributed by atoms with van der Waals surface area (Å²) in [5.41, 5.74) is 0.409. The Hall–Kier alpha value is -1.69. The molecule has 0 aromatic heterocycles. The van der Waals surface area contributed by atoms with Crippen molar-refractivity contribution in [2.75, 3.05) is 37.4 Å². The smallest absolute Gasteiger partial charge is 0.214 e. The Bertz CT molecular complexity index is 488. The Balaban J connectivity index is 2.36. The molecule has 0 saturated carbocycles. The van der Waals surface area contributed by atoms with Gasteiger partial charge in [-0.1, -0.05) is 0 Å². The summed E-state index contributed by atoms with van der Waals surface area (Å²) >= 11 is 0. The molecule has 0 aliphatic carbocycles. The van der Waals surface area contributed by atoms with Gasteiger partial charge in [0.1, 0.15) is 5.69 Å². The SMILES string of the molecule is CNc1ccc(F)c(F)c1N(C=O)C1CCN(C)CC1. The number of anilines is 2. The zero-order valence-electron chi connectivity index (χ0n) is 11.7. The van der Waals surface area contributed by atoms with Gasteiger partial charge in [0.2, 0.25) is 6.41 Å². The van der Waals surface area contributed by atoms with Crippen molar-refractivity contribution < 1.29 is 13.6 Å². The highest BCUT2D eigenvalue weighted by molar-refractivity contribution is 5.84. The van der Waals surface area contributed by atoms with E-state index in [0.717, 1.165) is 32.0 Å². The maximum Gasteiger partial charge on any atom is 0.214 e. The Kier molecular flexibility index (Phi) is 4.54. The normalized spacial score (nSPS) is 17.0. The molecule has 20 heavy (non-hydrogen) atoms. The van der Waals surface area contributed by atoms with Crippen LogP contribution in [0, 0.1) is 11.6 Å². The summed E-state index contributed by atoms with van der Waals surface area (Å²) in [6.07, 6.45) is 2.08. The van der Waals surface area contributed by atoms with Crippen LogP contribution >= 0.6 is 0 Å². The van der Waals surface area contributed by atoms with Gasteiger partial charge in [-0.3, -0.25) is 4.79 Å². The number of carbonyl (C=O) groups excluding carboxylic acids is 1. The van der Waals surface area contributed by atoms with Crippen LogP contribution in [0.15, 0.2) is 12.1 Å². The molecule has 1 saturated heterocycles. The molecule has 1 N–H and O–H groups in total. The monoisotopic (exact) mass is 283 g/mol. The van der Waals surface area contributed by atoms with E-state index in [1.54, 1.807) is 7.05 Å². The molecule has 1 amide bonds. The number of amides is 1. The summed E-state index contributed by atoms with van der Waals surface area (Å²) in [4.78, 5) is 14.9. The Labute approximate surface area is 117 Å². The second-order valence-corrected chi connectivity index (χ2v) is 5.05. The molecule has 1 aromatic carbocycles. The van der Waals surface area contributed by atoms with E-state index in [9.17, 15) is 13.6 Å². The molecule has 2 rings (SSSR count). The molecule has 0 bridgehead atoms. The second kappa shape index (κ2) is 6.17. The summed E-state index contributed by atoms with van der Waals surface area (Å²) in [5, 5.41) is 2.81. The third-order valence-corrected chi connectivity index (χ3v) is 3.79. The first-order chi connectivity index (χ1) is 9.58. The quantitative estimate of drug-likeness (QED) is 0.859. The number of piperidine rings is 1. The average Bonchev–Trinajstić information content (AvgIpc) is 2.46. The van der Waals surface area contributed by atoms with Crippen LogP contribution < -0.4 is 10.2 Å². The Morgan fingerprint density at radius 1 is 1.35 bits per heavy atom. The van der Waals surface area contributed by atoms with Crippen LogP contribution in [0.5, 0.6) is 0 Å². The minimum absolute atomic E-state index is 0.00273. The standard InChI is InChI=1S/C14H19F2N3O/c1-17-12-4-3-11(15)13(16)14(12)19(9-20)10-5-7-18(2)8-6-10/h3-4,9-10,17H,5-8H2,1-2H3. The van der Waals surface area contributed by atoms with Gasteiger partial charge in [-0.15, -0.1) is 0 Å². The molecule has 1 aliphatic heterocycles. The van der Waals surface area contributed by atoms with Crippen molar-refractivity contribution in [1.82, 2.24) is 4.90 Å². The average molecular weight is 283 g/mol. The molecule has 1 aromatic rings. The van der Waals surface area contributed by atoms with Crippen molar-refractivity contribution in [3.8, 4) is 0 Å². The van der Waals surface area contributed by atoms with Crippen molar-refractivity contribution in [2.45, 2.75) is 18.9 Å². The van der Waals surface area contributed by atoms with Gasteiger partial charge in [0.05, 0.1) is 5.69 Å². The predicted molar refractivity (Wildman–Crippen MR) is 75.0 cm³/mol. The summed E-state index contributed by atoms with van der Waals surface area (Å²) < 4.78 is 27.6. The number of carbonyl (C=O) groups is 1. The van der Waals surface area contributed by atoms with Gasteiger partial charge in [-0.05, 0) is 45.1 Å². The van der Waals surface area contributed by atoms with E-state index in [1.807, 2.05) is 7.05 Å². The lowest BCUT2D eigenvalue weighted by atomic mass is 10.0. The van der Waals surface area contributed by atoms with E-state index in [4.69, 9.17) is 0 Å². The lowest BCUT2D eigenvalue weighted by molar-refractivity contribution is -0.108. The number of hydrogen-bond acceptors (Lipinski definition) is 3.